The Balaban J connectivity index is 2.16. The molecule has 1 heterocycles. The smallest absolute Gasteiger partial charge is 0.205 e. The molecule has 0 amide bonds. The van der Waals surface area contributed by atoms with E-state index >= 15 is 0 Å². The Morgan fingerprint density at radius 1 is 1.45 bits per heavy atom. The van der Waals surface area contributed by atoms with Crippen LogP contribution in [0.5, 0.6) is 11.5 Å². The van der Waals surface area contributed by atoms with Gasteiger partial charge in [-0.25, -0.2) is 4.98 Å². The van der Waals surface area contributed by atoms with Gasteiger partial charge in [0, 0.05) is 5.38 Å². The van der Waals surface area contributed by atoms with Crippen LogP contribution >= 0.6 is 22.9 Å². The summed E-state index contributed by atoms with van der Waals surface area (Å²) in [5, 5.41) is 6.91. The first-order valence-electron chi connectivity index (χ1n) is 6.54. The highest BCUT2D eigenvalue weighted by atomic mass is 35.5. The molecule has 118 valence electrons. The molecular weight excluding hydrogens is 324 g/mol. The predicted octanol–water partition coefficient (Wildman–Crippen LogP) is 3.62. The summed E-state index contributed by atoms with van der Waals surface area (Å²) in [7, 11) is 1.57. The molecule has 1 aromatic heterocycles. The van der Waals surface area contributed by atoms with E-state index in [0.29, 0.717) is 27.5 Å². The SMILES string of the molecule is COc1cc(C=NNc2nc(N)cs2)cc(Cl)c1OC(C)C. The van der Waals surface area contributed by atoms with E-state index in [-0.39, 0.29) is 6.10 Å². The molecule has 0 aliphatic heterocycles. The number of benzene rings is 1. The van der Waals surface area contributed by atoms with E-state index in [9.17, 15) is 0 Å². The Kier molecular flexibility index (Phi) is 5.46. The highest BCUT2D eigenvalue weighted by Crippen LogP contribution is 2.36. The summed E-state index contributed by atoms with van der Waals surface area (Å²) in [5.41, 5.74) is 9.11. The zero-order valence-corrected chi connectivity index (χ0v) is 14.0. The number of methoxy groups -OCH3 is 1. The van der Waals surface area contributed by atoms with Gasteiger partial charge in [0.1, 0.15) is 5.82 Å². The minimum atomic E-state index is 0.00273. The summed E-state index contributed by atoms with van der Waals surface area (Å²) in [6.45, 7) is 3.85. The summed E-state index contributed by atoms with van der Waals surface area (Å²) in [6, 6.07) is 3.55. The minimum absolute atomic E-state index is 0.00273. The number of ether oxygens (including phenoxy) is 2. The Morgan fingerprint density at radius 3 is 2.82 bits per heavy atom. The van der Waals surface area contributed by atoms with Gasteiger partial charge >= 0.3 is 0 Å². The van der Waals surface area contributed by atoms with E-state index in [1.165, 1.54) is 11.3 Å². The molecule has 3 N–H and O–H groups in total. The molecule has 0 atom stereocenters. The molecule has 8 heteroatoms. The van der Waals surface area contributed by atoms with Gasteiger partial charge < -0.3 is 15.2 Å². The lowest BCUT2D eigenvalue weighted by atomic mass is 10.2. The molecule has 0 fully saturated rings. The van der Waals surface area contributed by atoms with Crippen LogP contribution in [-0.2, 0) is 0 Å². The molecule has 0 aliphatic carbocycles. The second-order valence-corrected chi connectivity index (χ2v) is 5.91. The molecule has 0 saturated carbocycles. The number of nitrogens with two attached hydrogens (primary N) is 1. The fourth-order valence-electron chi connectivity index (χ4n) is 1.66. The first-order valence-corrected chi connectivity index (χ1v) is 7.79. The first kappa shape index (κ1) is 16.4. The van der Waals surface area contributed by atoms with Gasteiger partial charge in [-0.3, -0.25) is 5.43 Å². The molecule has 1 aromatic carbocycles. The number of nitrogens with one attached hydrogen (secondary N) is 1. The number of hydrogen-bond donors (Lipinski definition) is 2. The van der Waals surface area contributed by atoms with Crippen LogP contribution in [0.2, 0.25) is 5.02 Å². The number of hydrogen-bond acceptors (Lipinski definition) is 7. The van der Waals surface area contributed by atoms with Crippen LogP contribution in [0.3, 0.4) is 0 Å². The fraction of sp³-hybridized carbons (Fsp3) is 0.286. The van der Waals surface area contributed by atoms with E-state index in [0.717, 1.165) is 5.56 Å². The van der Waals surface area contributed by atoms with Crippen LogP contribution in [0.25, 0.3) is 0 Å². The summed E-state index contributed by atoms with van der Waals surface area (Å²) < 4.78 is 11.0. The molecule has 22 heavy (non-hydrogen) atoms. The highest BCUT2D eigenvalue weighted by molar-refractivity contribution is 7.14. The van der Waals surface area contributed by atoms with Gasteiger partial charge in [-0.05, 0) is 31.5 Å². The third kappa shape index (κ3) is 4.25. The second kappa shape index (κ2) is 7.33. The zero-order valence-electron chi connectivity index (χ0n) is 12.5. The molecule has 0 radical (unpaired) electrons. The van der Waals surface area contributed by atoms with Crippen LogP contribution in [0.4, 0.5) is 10.9 Å². The monoisotopic (exact) mass is 340 g/mol. The van der Waals surface area contributed by atoms with E-state index in [2.05, 4.69) is 15.5 Å². The van der Waals surface area contributed by atoms with E-state index in [4.69, 9.17) is 26.8 Å². The van der Waals surface area contributed by atoms with Crippen molar-refractivity contribution in [2.45, 2.75) is 20.0 Å². The van der Waals surface area contributed by atoms with Crippen LogP contribution < -0.4 is 20.6 Å². The Labute approximate surface area is 137 Å². The lowest BCUT2D eigenvalue weighted by Gasteiger charge is -2.15. The van der Waals surface area contributed by atoms with Crippen molar-refractivity contribution in [2.24, 2.45) is 5.10 Å². The van der Waals surface area contributed by atoms with Crippen molar-refractivity contribution < 1.29 is 9.47 Å². The van der Waals surface area contributed by atoms with Gasteiger partial charge in [0.05, 0.1) is 24.5 Å². The molecule has 6 nitrogen and oxygen atoms in total. The Bertz CT molecular complexity index is 673. The number of rotatable bonds is 6. The lowest BCUT2D eigenvalue weighted by Crippen LogP contribution is -2.07. The van der Waals surface area contributed by atoms with Gasteiger partial charge in [0.2, 0.25) is 5.13 Å². The van der Waals surface area contributed by atoms with Gasteiger partial charge in [0.15, 0.2) is 11.5 Å². The number of hydrazone groups is 1. The maximum atomic E-state index is 6.24. The molecule has 0 saturated heterocycles. The van der Waals surface area contributed by atoms with Gasteiger partial charge in [-0.15, -0.1) is 11.3 Å². The maximum Gasteiger partial charge on any atom is 0.205 e. The van der Waals surface area contributed by atoms with Crippen LogP contribution in [0.1, 0.15) is 19.4 Å². The lowest BCUT2D eigenvalue weighted by molar-refractivity contribution is 0.230. The maximum absolute atomic E-state index is 6.24. The number of nitrogens with zero attached hydrogens (tertiary/aromatic N) is 2. The highest BCUT2D eigenvalue weighted by Gasteiger charge is 2.12. The van der Waals surface area contributed by atoms with E-state index in [1.807, 2.05) is 13.8 Å². The summed E-state index contributed by atoms with van der Waals surface area (Å²) in [4.78, 5) is 4.04. The molecule has 0 unspecified atom stereocenters. The molecule has 2 rings (SSSR count). The van der Waals surface area contributed by atoms with E-state index in [1.54, 1.807) is 30.8 Å². The molecule has 0 aliphatic rings. The van der Waals surface area contributed by atoms with Gasteiger partial charge in [-0.2, -0.15) is 5.10 Å². The van der Waals surface area contributed by atoms with Gasteiger partial charge in [-0.1, -0.05) is 11.6 Å². The number of nitrogen functional groups attached to an aromatic ring is 1. The predicted molar refractivity (Wildman–Crippen MR) is 91.5 cm³/mol. The van der Waals surface area contributed by atoms with E-state index < -0.39 is 0 Å². The summed E-state index contributed by atoms with van der Waals surface area (Å²) in [5.74, 6) is 1.54. The van der Waals surface area contributed by atoms with Crippen molar-refractivity contribution in [1.29, 1.82) is 0 Å². The van der Waals surface area contributed by atoms with Crippen molar-refractivity contribution in [3.63, 3.8) is 0 Å². The summed E-state index contributed by atoms with van der Waals surface area (Å²) in [6.07, 6.45) is 1.62. The van der Waals surface area contributed by atoms with Crippen molar-refractivity contribution in [2.75, 3.05) is 18.3 Å². The average Bonchev–Trinajstić information content (AvgIpc) is 2.86. The van der Waals surface area contributed by atoms with Gasteiger partial charge in [0.25, 0.3) is 0 Å². The number of halogens is 1. The quantitative estimate of drug-likeness (QED) is 0.620. The molecule has 0 spiro atoms. The normalized spacial score (nSPS) is 11.1. The molecule has 0 bridgehead atoms. The standard InChI is InChI=1S/C14H17ClN4O2S/c1-8(2)21-13-10(15)4-9(5-11(13)20-3)6-17-19-14-18-12(16)7-22-14/h4-8H,16H2,1-3H3,(H,18,19). The molecule has 2 aromatic rings. The van der Waals surface area contributed by atoms with Crippen molar-refractivity contribution in [3.05, 3.63) is 28.1 Å². The third-order valence-corrected chi connectivity index (χ3v) is 3.55. The van der Waals surface area contributed by atoms with Crippen molar-refractivity contribution in [1.82, 2.24) is 4.98 Å². The topological polar surface area (TPSA) is 81.8 Å². The minimum Gasteiger partial charge on any atom is -0.493 e. The van der Waals surface area contributed by atoms with Crippen molar-refractivity contribution in [3.8, 4) is 11.5 Å². The largest absolute Gasteiger partial charge is 0.493 e. The number of aromatic nitrogens is 1. The second-order valence-electron chi connectivity index (χ2n) is 4.65. The fourth-order valence-corrected chi connectivity index (χ4v) is 2.48. The van der Waals surface area contributed by atoms with Crippen LogP contribution in [-0.4, -0.2) is 24.4 Å². The number of thiazole rings is 1. The average molecular weight is 341 g/mol. The van der Waals surface area contributed by atoms with Crippen LogP contribution in [0, 0.1) is 0 Å². The third-order valence-electron chi connectivity index (χ3n) is 2.50. The Morgan fingerprint density at radius 2 is 2.23 bits per heavy atom. The van der Waals surface area contributed by atoms with Crippen LogP contribution in [0.15, 0.2) is 22.6 Å². The number of anilines is 2. The van der Waals surface area contributed by atoms with Crippen molar-refractivity contribution >= 4 is 40.1 Å². The molecular formula is C14H17ClN4O2S. The summed E-state index contributed by atoms with van der Waals surface area (Å²) >= 11 is 7.62. The zero-order chi connectivity index (χ0) is 16.1. The Hall–Kier alpha value is -1.99. The first-order chi connectivity index (χ1) is 10.5.